The van der Waals surface area contributed by atoms with E-state index in [-0.39, 0.29) is 5.82 Å². The van der Waals surface area contributed by atoms with Crippen LogP contribution in [0.5, 0.6) is 5.75 Å². The van der Waals surface area contributed by atoms with Crippen molar-refractivity contribution in [2.75, 3.05) is 7.05 Å². The van der Waals surface area contributed by atoms with Crippen molar-refractivity contribution in [3.05, 3.63) is 63.4 Å². The van der Waals surface area contributed by atoms with Crippen LogP contribution in [0.25, 0.3) is 0 Å². The predicted octanol–water partition coefficient (Wildman–Crippen LogP) is 4.43. The van der Waals surface area contributed by atoms with Gasteiger partial charge in [-0.1, -0.05) is 29.3 Å². The molecule has 20 heavy (non-hydrogen) atoms. The molecule has 0 amide bonds. The van der Waals surface area contributed by atoms with Crippen molar-refractivity contribution < 1.29 is 9.13 Å². The fraction of sp³-hybridized carbons (Fsp3) is 0.200. The van der Waals surface area contributed by atoms with Gasteiger partial charge in [0.2, 0.25) is 0 Å². The van der Waals surface area contributed by atoms with Crippen LogP contribution in [-0.4, -0.2) is 7.05 Å². The molecule has 0 aliphatic rings. The quantitative estimate of drug-likeness (QED) is 0.881. The SMILES string of the molecule is CNCc1cc(F)ccc1OCc1ccc(Cl)c(Cl)c1. The molecule has 0 saturated heterocycles. The van der Waals surface area contributed by atoms with Crippen LogP contribution in [0.4, 0.5) is 4.39 Å². The van der Waals surface area contributed by atoms with Gasteiger partial charge in [-0.15, -0.1) is 0 Å². The Hall–Kier alpha value is -1.29. The molecule has 0 aromatic heterocycles. The summed E-state index contributed by atoms with van der Waals surface area (Å²) in [6, 6.07) is 9.78. The molecule has 0 radical (unpaired) electrons. The molecule has 2 aromatic rings. The molecule has 0 fully saturated rings. The van der Waals surface area contributed by atoms with Gasteiger partial charge in [-0.05, 0) is 42.9 Å². The molecule has 1 N–H and O–H groups in total. The number of benzene rings is 2. The Morgan fingerprint density at radius 1 is 1.10 bits per heavy atom. The van der Waals surface area contributed by atoms with Crippen LogP contribution in [0.3, 0.4) is 0 Å². The van der Waals surface area contributed by atoms with E-state index in [1.165, 1.54) is 12.1 Å². The average Bonchev–Trinajstić information content (AvgIpc) is 2.42. The van der Waals surface area contributed by atoms with Crippen LogP contribution >= 0.6 is 23.2 Å². The minimum atomic E-state index is -0.280. The van der Waals surface area contributed by atoms with Gasteiger partial charge in [0.25, 0.3) is 0 Å². The van der Waals surface area contributed by atoms with Gasteiger partial charge in [0.1, 0.15) is 18.2 Å². The Morgan fingerprint density at radius 3 is 2.60 bits per heavy atom. The Bertz CT molecular complexity index is 604. The predicted molar refractivity (Wildman–Crippen MR) is 80.0 cm³/mol. The highest BCUT2D eigenvalue weighted by Crippen LogP contribution is 2.25. The van der Waals surface area contributed by atoms with Gasteiger partial charge in [0.05, 0.1) is 10.0 Å². The second kappa shape index (κ2) is 6.93. The van der Waals surface area contributed by atoms with E-state index in [4.69, 9.17) is 27.9 Å². The van der Waals surface area contributed by atoms with E-state index in [0.29, 0.717) is 28.9 Å². The van der Waals surface area contributed by atoms with E-state index in [1.807, 2.05) is 6.07 Å². The van der Waals surface area contributed by atoms with Crippen molar-refractivity contribution in [1.29, 1.82) is 0 Å². The van der Waals surface area contributed by atoms with Crippen molar-refractivity contribution in [2.45, 2.75) is 13.2 Å². The van der Waals surface area contributed by atoms with E-state index in [2.05, 4.69) is 5.32 Å². The van der Waals surface area contributed by atoms with E-state index in [1.54, 1.807) is 25.2 Å². The van der Waals surface area contributed by atoms with Gasteiger partial charge in [0, 0.05) is 12.1 Å². The Kier molecular flexibility index (Phi) is 5.24. The summed E-state index contributed by atoms with van der Waals surface area (Å²) in [5.74, 6) is 0.365. The lowest BCUT2D eigenvalue weighted by Gasteiger charge is -2.12. The maximum atomic E-state index is 13.2. The zero-order valence-electron chi connectivity index (χ0n) is 10.9. The molecule has 2 nitrogen and oxygen atoms in total. The number of ether oxygens (including phenoxy) is 1. The minimum Gasteiger partial charge on any atom is -0.489 e. The van der Waals surface area contributed by atoms with Gasteiger partial charge in [-0.2, -0.15) is 0 Å². The van der Waals surface area contributed by atoms with Crippen LogP contribution in [0.15, 0.2) is 36.4 Å². The summed E-state index contributed by atoms with van der Waals surface area (Å²) in [7, 11) is 1.80. The summed E-state index contributed by atoms with van der Waals surface area (Å²) in [4.78, 5) is 0. The van der Waals surface area contributed by atoms with Crippen LogP contribution < -0.4 is 10.1 Å². The number of nitrogens with one attached hydrogen (secondary N) is 1. The van der Waals surface area contributed by atoms with Crippen molar-refractivity contribution in [2.24, 2.45) is 0 Å². The van der Waals surface area contributed by atoms with Gasteiger partial charge in [-0.3, -0.25) is 0 Å². The van der Waals surface area contributed by atoms with E-state index in [0.717, 1.165) is 11.1 Å². The van der Waals surface area contributed by atoms with Gasteiger partial charge >= 0.3 is 0 Å². The van der Waals surface area contributed by atoms with Gasteiger partial charge < -0.3 is 10.1 Å². The first-order valence-corrected chi connectivity index (χ1v) is 6.85. The van der Waals surface area contributed by atoms with Crippen LogP contribution in [0.2, 0.25) is 10.0 Å². The standard InChI is InChI=1S/C15H14Cl2FNO/c1-19-8-11-7-12(18)3-5-15(11)20-9-10-2-4-13(16)14(17)6-10/h2-7,19H,8-9H2,1H3. The summed E-state index contributed by atoms with van der Waals surface area (Å²) in [5.41, 5.74) is 1.67. The zero-order valence-corrected chi connectivity index (χ0v) is 12.4. The van der Waals surface area contributed by atoms with Crippen LogP contribution in [0, 0.1) is 5.82 Å². The Labute approximate surface area is 127 Å². The molecular weight excluding hydrogens is 300 g/mol. The number of rotatable bonds is 5. The molecule has 0 aliphatic heterocycles. The van der Waals surface area contributed by atoms with Crippen molar-refractivity contribution in [1.82, 2.24) is 5.32 Å². The maximum absolute atomic E-state index is 13.2. The lowest BCUT2D eigenvalue weighted by Crippen LogP contribution is -2.08. The van der Waals surface area contributed by atoms with E-state index in [9.17, 15) is 4.39 Å². The molecule has 0 saturated carbocycles. The third-order valence-corrected chi connectivity index (χ3v) is 3.51. The highest BCUT2D eigenvalue weighted by atomic mass is 35.5. The molecule has 5 heteroatoms. The molecule has 0 bridgehead atoms. The van der Waals surface area contributed by atoms with Crippen molar-refractivity contribution in [3.8, 4) is 5.75 Å². The fourth-order valence-electron chi connectivity index (χ4n) is 1.81. The summed E-state index contributed by atoms with van der Waals surface area (Å²) in [6.45, 7) is 0.883. The van der Waals surface area contributed by atoms with Crippen LogP contribution in [-0.2, 0) is 13.2 Å². The summed E-state index contributed by atoms with van der Waals surface area (Å²) < 4.78 is 18.9. The first-order chi connectivity index (χ1) is 9.60. The Balaban J connectivity index is 2.11. The normalized spacial score (nSPS) is 10.6. The molecule has 0 atom stereocenters. The van der Waals surface area contributed by atoms with E-state index >= 15 is 0 Å². The summed E-state index contributed by atoms with van der Waals surface area (Å²) >= 11 is 11.8. The lowest BCUT2D eigenvalue weighted by atomic mass is 10.2. The molecule has 0 unspecified atom stereocenters. The summed E-state index contributed by atoms with van der Waals surface area (Å²) in [6.07, 6.45) is 0. The lowest BCUT2D eigenvalue weighted by molar-refractivity contribution is 0.302. The first-order valence-electron chi connectivity index (χ1n) is 6.10. The zero-order chi connectivity index (χ0) is 14.5. The third kappa shape index (κ3) is 3.85. The smallest absolute Gasteiger partial charge is 0.124 e. The van der Waals surface area contributed by atoms with Crippen LogP contribution in [0.1, 0.15) is 11.1 Å². The maximum Gasteiger partial charge on any atom is 0.124 e. The highest BCUT2D eigenvalue weighted by molar-refractivity contribution is 6.42. The summed E-state index contributed by atoms with van der Waals surface area (Å²) in [5, 5.41) is 3.98. The monoisotopic (exact) mass is 313 g/mol. The molecule has 2 rings (SSSR count). The molecule has 2 aromatic carbocycles. The molecular formula is C15H14Cl2FNO. The molecule has 0 heterocycles. The molecule has 0 spiro atoms. The van der Waals surface area contributed by atoms with Crippen molar-refractivity contribution in [3.63, 3.8) is 0 Å². The fourth-order valence-corrected chi connectivity index (χ4v) is 2.13. The van der Waals surface area contributed by atoms with E-state index < -0.39 is 0 Å². The van der Waals surface area contributed by atoms with Crippen molar-refractivity contribution >= 4 is 23.2 Å². The second-order valence-corrected chi connectivity index (χ2v) is 5.13. The molecule has 106 valence electrons. The number of halogens is 3. The largest absolute Gasteiger partial charge is 0.489 e. The first kappa shape index (κ1) is 15.1. The second-order valence-electron chi connectivity index (χ2n) is 4.32. The minimum absolute atomic E-state index is 0.280. The topological polar surface area (TPSA) is 21.3 Å². The third-order valence-electron chi connectivity index (χ3n) is 2.77. The highest BCUT2D eigenvalue weighted by Gasteiger charge is 2.06. The molecule has 0 aliphatic carbocycles. The number of hydrogen-bond acceptors (Lipinski definition) is 2. The van der Waals surface area contributed by atoms with Gasteiger partial charge in [-0.25, -0.2) is 4.39 Å². The Morgan fingerprint density at radius 2 is 1.90 bits per heavy atom. The van der Waals surface area contributed by atoms with Gasteiger partial charge in [0.15, 0.2) is 0 Å². The average molecular weight is 314 g/mol. The number of hydrogen-bond donors (Lipinski definition) is 1.